The molecule has 6 atom stereocenters. The summed E-state index contributed by atoms with van der Waals surface area (Å²) >= 11 is 0. The van der Waals surface area contributed by atoms with E-state index < -0.39 is 53.6 Å². The van der Waals surface area contributed by atoms with E-state index >= 15 is 0 Å². The standard InChI is InChI=1S/C34H32N2O6/c1-2-33-16-9-19-41-32(40)28(33)27-30(38)36(26(21-37)23-11-4-3-5-12-23)29-31(39)35(18-8-17-34(27,29)42-33)25-15-14-22-10-6-7-13-24(22)20-25/h3-17,20,26-29,37H,2,18-19,21H2,1H3/t26-,27+,28+,29?,33-,34+/m1/s1. The first-order valence-electron chi connectivity index (χ1n) is 14.4. The normalized spacial score (nSPS) is 30.9. The minimum absolute atomic E-state index is 0.0925. The molecule has 1 unspecified atom stereocenters. The molecule has 4 heterocycles. The molecule has 3 aromatic rings. The van der Waals surface area contributed by atoms with Gasteiger partial charge in [0.05, 0.1) is 18.6 Å². The van der Waals surface area contributed by atoms with Gasteiger partial charge >= 0.3 is 5.97 Å². The van der Waals surface area contributed by atoms with Crippen molar-refractivity contribution in [2.45, 2.75) is 36.6 Å². The van der Waals surface area contributed by atoms with E-state index in [4.69, 9.17) is 9.47 Å². The fourth-order valence-electron chi connectivity index (χ4n) is 7.48. The van der Waals surface area contributed by atoms with Gasteiger partial charge in [-0.1, -0.05) is 85.8 Å². The maximum atomic E-state index is 14.9. The molecule has 4 aliphatic rings. The summed E-state index contributed by atoms with van der Waals surface area (Å²) in [7, 11) is 0. The number of ether oxygens (including phenoxy) is 2. The van der Waals surface area contributed by atoms with Crippen molar-refractivity contribution in [2.24, 2.45) is 11.8 Å². The van der Waals surface area contributed by atoms with Gasteiger partial charge in [0.1, 0.15) is 29.8 Å². The van der Waals surface area contributed by atoms with Crippen molar-refractivity contribution in [3.8, 4) is 0 Å². The first kappa shape index (κ1) is 26.6. The molecule has 1 N–H and O–H groups in total. The Kier molecular flexibility index (Phi) is 6.29. The molecule has 0 bridgehead atoms. The van der Waals surface area contributed by atoms with Crippen molar-refractivity contribution in [3.63, 3.8) is 0 Å². The Bertz CT molecular complexity index is 1640. The van der Waals surface area contributed by atoms with Gasteiger partial charge < -0.3 is 24.4 Å². The number of aliphatic hydroxyl groups is 1. The van der Waals surface area contributed by atoms with Crippen LogP contribution in [0.5, 0.6) is 0 Å². The minimum Gasteiger partial charge on any atom is -0.461 e. The Labute approximate surface area is 243 Å². The lowest BCUT2D eigenvalue weighted by Crippen LogP contribution is -2.57. The molecule has 0 aromatic heterocycles. The van der Waals surface area contributed by atoms with E-state index in [2.05, 4.69) is 0 Å². The molecular weight excluding hydrogens is 532 g/mol. The van der Waals surface area contributed by atoms with Crippen molar-refractivity contribution < 1.29 is 29.0 Å². The van der Waals surface area contributed by atoms with Crippen LogP contribution in [0.4, 0.5) is 5.69 Å². The first-order chi connectivity index (χ1) is 20.4. The molecule has 2 amide bonds. The molecule has 8 nitrogen and oxygen atoms in total. The molecule has 0 saturated carbocycles. The van der Waals surface area contributed by atoms with Crippen molar-refractivity contribution in [1.29, 1.82) is 0 Å². The number of hydrogen-bond acceptors (Lipinski definition) is 6. The maximum Gasteiger partial charge on any atom is 0.313 e. The summed E-state index contributed by atoms with van der Waals surface area (Å²) in [6, 6.07) is 21.0. The first-order valence-corrected chi connectivity index (χ1v) is 14.4. The molecule has 7 rings (SSSR count). The molecule has 2 fully saturated rings. The average molecular weight is 565 g/mol. The fourth-order valence-corrected chi connectivity index (χ4v) is 7.48. The summed E-state index contributed by atoms with van der Waals surface area (Å²) < 4.78 is 12.5. The van der Waals surface area contributed by atoms with Gasteiger partial charge in [0.2, 0.25) is 5.91 Å². The molecule has 1 spiro atoms. The number of carbonyl (C=O) groups is 3. The lowest BCUT2D eigenvalue weighted by atomic mass is 9.73. The van der Waals surface area contributed by atoms with E-state index in [1.54, 1.807) is 11.0 Å². The van der Waals surface area contributed by atoms with Gasteiger partial charge in [0.25, 0.3) is 5.91 Å². The van der Waals surface area contributed by atoms with Crippen LogP contribution in [-0.2, 0) is 23.9 Å². The molecule has 4 aliphatic heterocycles. The second-order valence-electron chi connectivity index (χ2n) is 11.4. The van der Waals surface area contributed by atoms with E-state index in [1.165, 1.54) is 4.90 Å². The number of benzene rings is 3. The third kappa shape index (κ3) is 3.71. The fraction of sp³-hybridized carbons (Fsp3) is 0.324. The zero-order valence-electron chi connectivity index (χ0n) is 23.3. The third-order valence-corrected chi connectivity index (χ3v) is 9.37. The SMILES string of the molecule is CC[C@@]12C=CCOC(=O)[C@@H]1[C@H]1C(=O)N([C@H](CO)c3ccccc3)C3C(=O)N(c4ccc5ccccc5c4)CC=C[C@@]31O2. The van der Waals surface area contributed by atoms with E-state index in [0.29, 0.717) is 17.7 Å². The van der Waals surface area contributed by atoms with Crippen LogP contribution in [-0.4, -0.2) is 64.8 Å². The number of likely N-dealkylation sites (tertiary alicyclic amines) is 1. The number of hydrogen-bond donors (Lipinski definition) is 1. The zero-order chi connectivity index (χ0) is 29.1. The van der Waals surface area contributed by atoms with Crippen LogP contribution in [0.15, 0.2) is 97.1 Å². The van der Waals surface area contributed by atoms with Crippen LogP contribution in [0.3, 0.4) is 0 Å². The third-order valence-electron chi connectivity index (χ3n) is 9.37. The second-order valence-corrected chi connectivity index (χ2v) is 11.4. The Morgan fingerprint density at radius 1 is 0.905 bits per heavy atom. The number of carbonyl (C=O) groups excluding carboxylic acids is 3. The predicted molar refractivity (Wildman–Crippen MR) is 156 cm³/mol. The van der Waals surface area contributed by atoms with Crippen molar-refractivity contribution in [1.82, 2.24) is 4.90 Å². The number of rotatable bonds is 5. The molecule has 42 heavy (non-hydrogen) atoms. The minimum atomic E-state index is -1.44. The summed E-state index contributed by atoms with van der Waals surface area (Å²) in [4.78, 5) is 46.2. The Morgan fingerprint density at radius 2 is 1.67 bits per heavy atom. The summed E-state index contributed by atoms with van der Waals surface area (Å²) in [5, 5.41) is 12.7. The van der Waals surface area contributed by atoms with E-state index in [9.17, 15) is 19.5 Å². The highest BCUT2D eigenvalue weighted by atomic mass is 16.6. The van der Waals surface area contributed by atoms with Gasteiger partial charge in [-0.2, -0.15) is 0 Å². The van der Waals surface area contributed by atoms with Crippen LogP contribution in [0, 0.1) is 11.8 Å². The van der Waals surface area contributed by atoms with Gasteiger partial charge in [-0.3, -0.25) is 14.4 Å². The molecule has 8 heteroatoms. The quantitative estimate of drug-likeness (QED) is 0.373. The number of aliphatic hydroxyl groups excluding tert-OH is 1. The lowest BCUT2D eigenvalue weighted by molar-refractivity contribution is -0.159. The number of anilines is 1. The number of esters is 1. The molecular formula is C34H32N2O6. The smallest absolute Gasteiger partial charge is 0.313 e. The highest BCUT2D eigenvalue weighted by Gasteiger charge is 2.76. The lowest BCUT2D eigenvalue weighted by Gasteiger charge is -2.40. The van der Waals surface area contributed by atoms with Crippen LogP contribution in [0.2, 0.25) is 0 Å². The van der Waals surface area contributed by atoms with Crippen LogP contribution < -0.4 is 4.90 Å². The number of fused-ring (bicyclic) bond motifs is 3. The molecule has 3 aromatic carbocycles. The van der Waals surface area contributed by atoms with Gasteiger partial charge in [-0.25, -0.2) is 0 Å². The van der Waals surface area contributed by atoms with Crippen LogP contribution >= 0.6 is 0 Å². The predicted octanol–water partition coefficient (Wildman–Crippen LogP) is 3.95. The highest BCUT2D eigenvalue weighted by Crippen LogP contribution is 2.59. The van der Waals surface area contributed by atoms with Gasteiger partial charge in [0, 0.05) is 12.2 Å². The average Bonchev–Trinajstić information content (AvgIpc) is 3.29. The summed E-state index contributed by atoms with van der Waals surface area (Å²) in [5.74, 6) is -3.21. The van der Waals surface area contributed by atoms with Gasteiger partial charge in [0.15, 0.2) is 0 Å². The van der Waals surface area contributed by atoms with Gasteiger partial charge in [-0.05, 0) is 41.0 Å². The molecule has 2 saturated heterocycles. The Hall–Kier alpha value is -4.27. The number of cyclic esters (lactones) is 1. The summed E-state index contributed by atoms with van der Waals surface area (Å²) in [6.45, 7) is 1.85. The van der Waals surface area contributed by atoms with Crippen molar-refractivity contribution in [2.75, 3.05) is 24.7 Å². The van der Waals surface area contributed by atoms with Gasteiger partial charge in [-0.15, -0.1) is 0 Å². The molecule has 0 aliphatic carbocycles. The summed E-state index contributed by atoms with van der Waals surface area (Å²) in [6.07, 6.45) is 7.67. The second kappa shape index (κ2) is 9.93. The van der Waals surface area contributed by atoms with E-state index in [0.717, 1.165) is 10.8 Å². The van der Waals surface area contributed by atoms with Crippen molar-refractivity contribution >= 4 is 34.2 Å². The number of nitrogens with zero attached hydrogens (tertiary/aromatic N) is 2. The zero-order valence-corrected chi connectivity index (χ0v) is 23.3. The van der Waals surface area contributed by atoms with E-state index in [1.807, 2.05) is 97.9 Å². The highest BCUT2D eigenvalue weighted by molar-refractivity contribution is 6.06. The maximum absolute atomic E-state index is 14.9. The Balaban J connectivity index is 1.41. The number of amides is 2. The topological polar surface area (TPSA) is 96.4 Å². The van der Waals surface area contributed by atoms with Crippen molar-refractivity contribution in [3.05, 3.63) is 103 Å². The Morgan fingerprint density at radius 3 is 2.43 bits per heavy atom. The molecule has 214 valence electrons. The summed E-state index contributed by atoms with van der Waals surface area (Å²) in [5.41, 5.74) is -1.17. The van der Waals surface area contributed by atoms with Crippen LogP contribution in [0.1, 0.15) is 24.9 Å². The molecule has 0 radical (unpaired) electrons. The largest absolute Gasteiger partial charge is 0.461 e. The monoisotopic (exact) mass is 564 g/mol. The van der Waals surface area contributed by atoms with E-state index in [-0.39, 0.29) is 19.1 Å². The van der Waals surface area contributed by atoms with Crippen LogP contribution in [0.25, 0.3) is 10.8 Å².